The van der Waals surface area contributed by atoms with Gasteiger partial charge in [-0.3, -0.25) is 5.43 Å². The second-order valence-electron chi connectivity index (χ2n) is 4.05. The summed E-state index contributed by atoms with van der Waals surface area (Å²) in [6, 6.07) is 3.66. The first kappa shape index (κ1) is 13.3. The standard InChI is InChI=1S/C12H19N3O2/c1-8-5-10(7-15(3)12(16)14-13)11(17-4)6-9(8)2/h5-6H,7,13H2,1-4H3,(H,14,16). The van der Waals surface area contributed by atoms with Gasteiger partial charge in [0.25, 0.3) is 0 Å². The summed E-state index contributed by atoms with van der Waals surface area (Å²) < 4.78 is 5.31. The first-order chi connectivity index (χ1) is 7.99. The number of nitrogens with two attached hydrogens (primary N) is 1. The van der Waals surface area contributed by atoms with Gasteiger partial charge in [-0.25, -0.2) is 10.6 Å². The summed E-state index contributed by atoms with van der Waals surface area (Å²) in [6.45, 7) is 4.51. The summed E-state index contributed by atoms with van der Waals surface area (Å²) in [5.74, 6) is 5.86. The Labute approximate surface area is 102 Å². The smallest absolute Gasteiger partial charge is 0.331 e. The van der Waals surface area contributed by atoms with Crippen LogP contribution in [0.5, 0.6) is 5.75 Å². The maximum atomic E-state index is 11.3. The van der Waals surface area contributed by atoms with Crippen LogP contribution >= 0.6 is 0 Å². The highest BCUT2D eigenvalue weighted by atomic mass is 16.5. The molecule has 1 aromatic carbocycles. The van der Waals surface area contributed by atoms with Gasteiger partial charge < -0.3 is 9.64 Å². The number of nitrogens with zero attached hydrogens (tertiary/aromatic N) is 1. The molecule has 94 valence electrons. The molecule has 0 unspecified atom stereocenters. The van der Waals surface area contributed by atoms with E-state index in [-0.39, 0.29) is 6.03 Å². The van der Waals surface area contributed by atoms with Crippen molar-refractivity contribution in [3.05, 3.63) is 28.8 Å². The van der Waals surface area contributed by atoms with Crippen LogP contribution in [0.4, 0.5) is 4.79 Å². The van der Waals surface area contributed by atoms with E-state index in [9.17, 15) is 4.79 Å². The molecular weight excluding hydrogens is 218 g/mol. The first-order valence-corrected chi connectivity index (χ1v) is 5.35. The molecule has 0 radical (unpaired) electrons. The van der Waals surface area contributed by atoms with Gasteiger partial charge in [0.15, 0.2) is 0 Å². The second kappa shape index (κ2) is 5.54. The lowest BCUT2D eigenvalue weighted by atomic mass is 10.0. The lowest BCUT2D eigenvalue weighted by Crippen LogP contribution is -2.40. The van der Waals surface area contributed by atoms with Gasteiger partial charge in [-0.2, -0.15) is 0 Å². The number of rotatable bonds is 3. The molecule has 0 aromatic heterocycles. The molecule has 5 nitrogen and oxygen atoms in total. The van der Waals surface area contributed by atoms with Crippen molar-refractivity contribution >= 4 is 6.03 Å². The molecule has 0 saturated carbocycles. The molecule has 0 aliphatic heterocycles. The fraction of sp³-hybridized carbons (Fsp3) is 0.417. The lowest BCUT2D eigenvalue weighted by molar-refractivity contribution is 0.206. The van der Waals surface area contributed by atoms with E-state index in [1.807, 2.05) is 26.0 Å². The Bertz CT molecular complexity index is 418. The molecule has 1 rings (SSSR count). The summed E-state index contributed by atoms with van der Waals surface area (Å²) in [4.78, 5) is 12.8. The van der Waals surface area contributed by atoms with Gasteiger partial charge in [0.1, 0.15) is 5.75 Å². The fourth-order valence-corrected chi connectivity index (χ4v) is 1.60. The maximum absolute atomic E-state index is 11.3. The van der Waals surface area contributed by atoms with Gasteiger partial charge in [-0.05, 0) is 31.0 Å². The number of ether oxygens (including phenoxy) is 1. The average molecular weight is 237 g/mol. The zero-order chi connectivity index (χ0) is 13.0. The van der Waals surface area contributed by atoms with E-state index in [0.717, 1.165) is 16.9 Å². The third kappa shape index (κ3) is 3.10. The lowest BCUT2D eigenvalue weighted by Gasteiger charge is -2.19. The van der Waals surface area contributed by atoms with Gasteiger partial charge in [-0.15, -0.1) is 0 Å². The topological polar surface area (TPSA) is 67.6 Å². The van der Waals surface area contributed by atoms with Crippen LogP contribution in [0, 0.1) is 13.8 Å². The van der Waals surface area contributed by atoms with Gasteiger partial charge in [0, 0.05) is 12.6 Å². The SMILES string of the molecule is COc1cc(C)c(C)cc1CN(C)C(=O)NN. The Balaban J connectivity index is 2.97. The minimum atomic E-state index is -0.328. The van der Waals surface area contributed by atoms with Crippen molar-refractivity contribution in [1.29, 1.82) is 0 Å². The molecule has 0 aliphatic carbocycles. The van der Waals surface area contributed by atoms with E-state index >= 15 is 0 Å². The van der Waals surface area contributed by atoms with E-state index in [0.29, 0.717) is 6.54 Å². The van der Waals surface area contributed by atoms with Crippen LogP contribution in [-0.4, -0.2) is 25.1 Å². The van der Waals surface area contributed by atoms with Gasteiger partial charge in [-0.1, -0.05) is 6.07 Å². The molecule has 0 saturated heterocycles. The van der Waals surface area contributed by atoms with E-state index in [4.69, 9.17) is 10.6 Å². The Hall–Kier alpha value is -1.75. The molecule has 0 heterocycles. The summed E-state index contributed by atoms with van der Waals surface area (Å²) in [7, 11) is 3.30. The molecular formula is C12H19N3O2. The highest BCUT2D eigenvalue weighted by molar-refractivity contribution is 5.73. The van der Waals surface area contributed by atoms with Gasteiger partial charge >= 0.3 is 6.03 Å². The minimum Gasteiger partial charge on any atom is -0.496 e. The quantitative estimate of drug-likeness (QED) is 0.473. The molecule has 0 spiro atoms. The number of hydrogen-bond acceptors (Lipinski definition) is 3. The van der Waals surface area contributed by atoms with Crippen molar-refractivity contribution < 1.29 is 9.53 Å². The maximum Gasteiger partial charge on any atom is 0.331 e. The highest BCUT2D eigenvalue weighted by Crippen LogP contribution is 2.24. The molecule has 2 amide bonds. The number of carbonyl (C=O) groups is 1. The molecule has 5 heteroatoms. The average Bonchev–Trinajstić information content (AvgIpc) is 2.32. The fourth-order valence-electron chi connectivity index (χ4n) is 1.60. The number of aryl methyl sites for hydroxylation is 2. The van der Waals surface area contributed by atoms with Crippen LogP contribution in [0.2, 0.25) is 0 Å². The Morgan fingerprint density at radius 3 is 2.53 bits per heavy atom. The number of nitrogens with one attached hydrogen (secondary N) is 1. The van der Waals surface area contributed by atoms with E-state index < -0.39 is 0 Å². The van der Waals surface area contributed by atoms with Crippen LogP contribution in [-0.2, 0) is 6.54 Å². The predicted molar refractivity (Wildman–Crippen MR) is 66.7 cm³/mol. The zero-order valence-corrected chi connectivity index (χ0v) is 10.7. The molecule has 17 heavy (non-hydrogen) atoms. The second-order valence-corrected chi connectivity index (χ2v) is 4.05. The number of methoxy groups -OCH3 is 1. The monoisotopic (exact) mass is 237 g/mol. The number of amides is 2. The van der Waals surface area contributed by atoms with Crippen molar-refractivity contribution in [3.63, 3.8) is 0 Å². The van der Waals surface area contributed by atoms with Crippen LogP contribution in [0.15, 0.2) is 12.1 Å². The van der Waals surface area contributed by atoms with Crippen LogP contribution in [0.3, 0.4) is 0 Å². The highest BCUT2D eigenvalue weighted by Gasteiger charge is 2.11. The molecule has 0 bridgehead atoms. The number of benzene rings is 1. The van der Waals surface area contributed by atoms with Crippen molar-refractivity contribution in [2.24, 2.45) is 5.84 Å². The minimum absolute atomic E-state index is 0.328. The number of urea groups is 1. The van der Waals surface area contributed by atoms with E-state index in [1.165, 1.54) is 10.5 Å². The van der Waals surface area contributed by atoms with Gasteiger partial charge in [0.2, 0.25) is 0 Å². The van der Waals surface area contributed by atoms with Crippen LogP contribution in [0.1, 0.15) is 16.7 Å². The van der Waals surface area contributed by atoms with Crippen LogP contribution in [0.25, 0.3) is 0 Å². The molecule has 0 fully saturated rings. The Morgan fingerprint density at radius 1 is 1.41 bits per heavy atom. The molecule has 0 aliphatic rings. The van der Waals surface area contributed by atoms with Crippen molar-refractivity contribution in [2.45, 2.75) is 20.4 Å². The summed E-state index contributed by atoms with van der Waals surface area (Å²) in [6.07, 6.45) is 0. The molecule has 0 atom stereocenters. The van der Waals surface area contributed by atoms with E-state index in [1.54, 1.807) is 14.2 Å². The third-order valence-electron chi connectivity index (χ3n) is 2.77. The first-order valence-electron chi connectivity index (χ1n) is 5.35. The van der Waals surface area contributed by atoms with Crippen molar-refractivity contribution in [1.82, 2.24) is 10.3 Å². The number of hydrazine groups is 1. The Kier molecular flexibility index (Phi) is 4.34. The van der Waals surface area contributed by atoms with Crippen molar-refractivity contribution in [2.75, 3.05) is 14.2 Å². The Morgan fingerprint density at radius 2 is 2.00 bits per heavy atom. The number of carbonyl (C=O) groups excluding carboxylic acids is 1. The summed E-state index contributed by atoms with van der Waals surface area (Å²) in [5, 5.41) is 0. The van der Waals surface area contributed by atoms with Crippen molar-refractivity contribution in [3.8, 4) is 5.75 Å². The molecule has 3 N–H and O–H groups in total. The third-order valence-corrected chi connectivity index (χ3v) is 2.77. The molecule has 1 aromatic rings. The predicted octanol–water partition coefficient (Wildman–Crippen LogP) is 1.33. The largest absolute Gasteiger partial charge is 0.496 e. The summed E-state index contributed by atoms with van der Waals surface area (Å²) >= 11 is 0. The van der Waals surface area contributed by atoms with E-state index in [2.05, 4.69) is 5.43 Å². The summed E-state index contributed by atoms with van der Waals surface area (Å²) in [5.41, 5.74) is 5.39. The normalized spacial score (nSPS) is 9.94. The number of hydrogen-bond donors (Lipinski definition) is 2. The van der Waals surface area contributed by atoms with Gasteiger partial charge in [0.05, 0.1) is 13.7 Å². The zero-order valence-electron chi connectivity index (χ0n) is 10.7. The van der Waals surface area contributed by atoms with Crippen LogP contribution < -0.4 is 16.0 Å².